The number of methoxy groups -OCH3 is 1. The van der Waals surface area contributed by atoms with Crippen molar-refractivity contribution in [2.24, 2.45) is 0 Å². The van der Waals surface area contributed by atoms with Gasteiger partial charge in [0.15, 0.2) is 10.8 Å². The van der Waals surface area contributed by atoms with Crippen LogP contribution < -0.4 is 15.6 Å². The van der Waals surface area contributed by atoms with Gasteiger partial charge in [-0.1, -0.05) is 12.1 Å². The van der Waals surface area contributed by atoms with Crippen LogP contribution in [0.4, 0.5) is 0 Å². The second-order valence-corrected chi connectivity index (χ2v) is 7.78. The number of nitrogens with zero attached hydrogens (tertiary/aromatic N) is 3. The minimum absolute atomic E-state index is 0.190. The summed E-state index contributed by atoms with van der Waals surface area (Å²) in [4.78, 5) is 30.1. The number of para-hydroxylation sites is 1. The van der Waals surface area contributed by atoms with Crippen molar-refractivity contribution in [2.75, 3.05) is 7.11 Å². The number of carbonyl (C=O) groups excluding carboxylic acids is 1. The topological polar surface area (TPSA) is 99.2 Å². The first-order valence-corrected chi connectivity index (χ1v) is 10.3. The van der Waals surface area contributed by atoms with Crippen LogP contribution in [0.1, 0.15) is 10.6 Å². The maximum absolute atomic E-state index is 12.5. The van der Waals surface area contributed by atoms with Gasteiger partial charge in [0, 0.05) is 16.5 Å². The summed E-state index contributed by atoms with van der Waals surface area (Å²) in [6, 6.07) is 14.0. The minimum atomic E-state index is -0.358. The molecule has 31 heavy (non-hydrogen) atoms. The van der Waals surface area contributed by atoms with Gasteiger partial charge < -0.3 is 14.5 Å². The van der Waals surface area contributed by atoms with Gasteiger partial charge in [-0.15, -0.1) is 11.3 Å². The summed E-state index contributed by atoms with van der Waals surface area (Å²) in [7, 11) is 1.57. The monoisotopic (exact) mass is 436 g/mol. The number of amides is 1. The Balaban J connectivity index is 1.46. The third kappa shape index (κ3) is 4.56. The number of furan rings is 1. The zero-order chi connectivity index (χ0) is 21.8. The Hall–Kier alpha value is -3.72. The molecule has 1 N–H and O–H groups in total. The molecule has 0 saturated heterocycles. The van der Waals surface area contributed by atoms with Crippen molar-refractivity contribution in [1.82, 2.24) is 20.1 Å². The number of carbonyl (C=O) groups is 1. The number of benzene rings is 1. The molecule has 0 atom stereocenters. The summed E-state index contributed by atoms with van der Waals surface area (Å²) in [6.45, 7) is 2.00. The van der Waals surface area contributed by atoms with Crippen molar-refractivity contribution in [2.45, 2.75) is 20.0 Å². The zero-order valence-corrected chi connectivity index (χ0v) is 17.8. The Kier molecular flexibility index (Phi) is 5.94. The number of nitrogens with one attached hydrogen (secondary N) is 1. The van der Waals surface area contributed by atoms with E-state index in [-0.39, 0.29) is 18.0 Å². The van der Waals surface area contributed by atoms with E-state index in [1.807, 2.05) is 37.3 Å². The van der Waals surface area contributed by atoms with E-state index in [4.69, 9.17) is 9.15 Å². The molecule has 0 bridgehead atoms. The molecule has 0 aliphatic carbocycles. The number of aryl methyl sites for hydroxylation is 1. The normalized spacial score (nSPS) is 10.8. The SMILES string of the molecule is COc1ccccc1-c1ccc(=O)n(CC(=O)NCc2sc(-c3ccco3)nc2C)n1. The standard InChI is InChI=1S/C22H20N4O4S/c1-14-19(31-22(24-14)18-8-5-11-30-18)12-23-20(27)13-26-21(28)10-9-16(25-26)15-6-3-4-7-17(15)29-2/h3-11H,12-13H2,1-2H3,(H,23,27). The predicted octanol–water partition coefficient (Wildman–Crippen LogP) is 3.26. The van der Waals surface area contributed by atoms with E-state index >= 15 is 0 Å². The number of hydrogen-bond acceptors (Lipinski definition) is 7. The first kappa shape index (κ1) is 20.5. The summed E-state index contributed by atoms with van der Waals surface area (Å²) >= 11 is 1.45. The van der Waals surface area contributed by atoms with Gasteiger partial charge in [0.1, 0.15) is 12.3 Å². The molecule has 1 aromatic carbocycles. The van der Waals surface area contributed by atoms with E-state index in [0.717, 1.165) is 25.8 Å². The summed E-state index contributed by atoms with van der Waals surface area (Å²) in [5.74, 6) is 1.01. The second-order valence-electron chi connectivity index (χ2n) is 6.70. The minimum Gasteiger partial charge on any atom is -0.496 e. The Morgan fingerprint density at radius 1 is 1.19 bits per heavy atom. The van der Waals surface area contributed by atoms with Gasteiger partial charge in [-0.3, -0.25) is 9.59 Å². The molecular formula is C22H20N4O4S. The number of ether oxygens (including phenoxy) is 1. The van der Waals surface area contributed by atoms with Gasteiger partial charge >= 0.3 is 0 Å². The number of hydrogen-bond donors (Lipinski definition) is 1. The summed E-state index contributed by atoms with van der Waals surface area (Å²) in [5.41, 5.74) is 1.75. The molecule has 1 amide bonds. The van der Waals surface area contributed by atoms with E-state index in [9.17, 15) is 9.59 Å². The molecule has 0 aliphatic rings. The van der Waals surface area contributed by atoms with Crippen LogP contribution in [0.3, 0.4) is 0 Å². The van der Waals surface area contributed by atoms with Crippen molar-refractivity contribution < 1.29 is 13.9 Å². The quantitative estimate of drug-likeness (QED) is 0.477. The van der Waals surface area contributed by atoms with Crippen LogP contribution in [-0.2, 0) is 17.9 Å². The average Bonchev–Trinajstić information content (AvgIpc) is 3.44. The van der Waals surface area contributed by atoms with E-state index in [1.54, 1.807) is 25.5 Å². The van der Waals surface area contributed by atoms with Crippen LogP contribution in [0.5, 0.6) is 5.75 Å². The second kappa shape index (κ2) is 8.97. The maximum atomic E-state index is 12.5. The van der Waals surface area contributed by atoms with Gasteiger partial charge in [-0.05, 0) is 37.3 Å². The van der Waals surface area contributed by atoms with Gasteiger partial charge in [0.05, 0.1) is 31.3 Å². The maximum Gasteiger partial charge on any atom is 0.267 e. The summed E-state index contributed by atoms with van der Waals surface area (Å²) in [5, 5.41) is 7.93. The van der Waals surface area contributed by atoms with Crippen LogP contribution in [0.2, 0.25) is 0 Å². The third-order valence-corrected chi connectivity index (χ3v) is 5.79. The first-order valence-electron chi connectivity index (χ1n) is 9.53. The highest BCUT2D eigenvalue weighted by atomic mass is 32.1. The molecule has 9 heteroatoms. The van der Waals surface area contributed by atoms with Crippen LogP contribution in [0.15, 0.2) is 64.0 Å². The molecule has 4 aromatic rings. The van der Waals surface area contributed by atoms with Gasteiger partial charge in [-0.2, -0.15) is 5.10 Å². The van der Waals surface area contributed by atoms with Crippen LogP contribution in [0, 0.1) is 6.92 Å². The molecule has 3 heterocycles. The van der Waals surface area contributed by atoms with Gasteiger partial charge in [-0.25, -0.2) is 9.67 Å². The molecule has 4 rings (SSSR count). The Labute approximate surface area is 182 Å². The highest BCUT2D eigenvalue weighted by Gasteiger charge is 2.14. The molecule has 0 fully saturated rings. The molecule has 8 nitrogen and oxygen atoms in total. The lowest BCUT2D eigenvalue weighted by Gasteiger charge is -2.10. The van der Waals surface area contributed by atoms with E-state index in [2.05, 4.69) is 15.4 Å². The number of aromatic nitrogens is 3. The molecule has 0 radical (unpaired) electrons. The lowest BCUT2D eigenvalue weighted by Crippen LogP contribution is -2.33. The lowest BCUT2D eigenvalue weighted by atomic mass is 10.1. The highest BCUT2D eigenvalue weighted by Crippen LogP contribution is 2.28. The van der Waals surface area contributed by atoms with Crippen molar-refractivity contribution in [1.29, 1.82) is 0 Å². The summed E-state index contributed by atoms with van der Waals surface area (Å²) < 4.78 is 11.9. The lowest BCUT2D eigenvalue weighted by molar-refractivity contribution is -0.122. The average molecular weight is 436 g/mol. The van der Waals surface area contributed by atoms with E-state index in [0.29, 0.717) is 23.7 Å². The smallest absolute Gasteiger partial charge is 0.267 e. The van der Waals surface area contributed by atoms with Crippen molar-refractivity contribution >= 4 is 17.2 Å². The first-order chi connectivity index (χ1) is 15.0. The molecule has 0 saturated carbocycles. The van der Waals surface area contributed by atoms with Gasteiger partial charge in [0.2, 0.25) is 5.91 Å². The van der Waals surface area contributed by atoms with E-state index < -0.39 is 0 Å². The molecule has 0 unspecified atom stereocenters. The molecule has 0 aliphatic heterocycles. The fourth-order valence-electron chi connectivity index (χ4n) is 3.03. The van der Waals surface area contributed by atoms with E-state index in [1.165, 1.54) is 17.4 Å². The van der Waals surface area contributed by atoms with Crippen molar-refractivity contribution in [3.05, 3.63) is 75.7 Å². The predicted molar refractivity (Wildman–Crippen MR) is 117 cm³/mol. The van der Waals surface area contributed by atoms with Crippen molar-refractivity contribution in [3.63, 3.8) is 0 Å². The van der Waals surface area contributed by atoms with Crippen molar-refractivity contribution in [3.8, 4) is 27.8 Å². The largest absolute Gasteiger partial charge is 0.496 e. The number of rotatable bonds is 7. The van der Waals surface area contributed by atoms with Gasteiger partial charge in [0.25, 0.3) is 5.56 Å². The van der Waals surface area contributed by atoms with Crippen LogP contribution in [0.25, 0.3) is 22.0 Å². The molecule has 158 valence electrons. The number of thiazole rings is 1. The summed E-state index contributed by atoms with van der Waals surface area (Å²) in [6.07, 6.45) is 1.59. The molecule has 0 spiro atoms. The highest BCUT2D eigenvalue weighted by molar-refractivity contribution is 7.15. The Morgan fingerprint density at radius 2 is 2.03 bits per heavy atom. The third-order valence-electron chi connectivity index (χ3n) is 4.61. The van der Waals surface area contributed by atoms with Crippen LogP contribution in [-0.4, -0.2) is 27.8 Å². The van der Waals surface area contributed by atoms with Crippen LogP contribution >= 0.6 is 11.3 Å². The molecule has 3 aromatic heterocycles. The molecular weight excluding hydrogens is 416 g/mol. The fourth-order valence-corrected chi connectivity index (χ4v) is 4.00. The Bertz CT molecular complexity index is 1260. The fraction of sp³-hybridized carbons (Fsp3) is 0.182. The Morgan fingerprint density at radius 3 is 2.81 bits per heavy atom. The zero-order valence-electron chi connectivity index (χ0n) is 17.0.